The van der Waals surface area contributed by atoms with Crippen LogP contribution in [0.25, 0.3) is 0 Å². The van der Waals surface area contributed by atoms with Crippen molar-refractivity contribution in [3.8, 4) is 11.6 Å². The molecular weight excluding hydrogens is 692 g/mol. The van der Waals surface area contributed by atoms with E-state index in [1.807, 2.05) is 0 Å². The molecule has 0 aliphatic carbocycles. The molecule has 278 valence electrons. The van der Waals surface area contributed by atoms with Gasteiger partial charge in [0, 0.05) is 26.0 Å². The van der Waals surface area contributed by atoms with E-state index < -0.39 is 53.5 Å². The standard InChI is InChI=1S/C33H37F6N5O7/c1-4-31(40)17-22(28-24(8-9-26(43-28)49-3)44(31)30(47)51-10-6-5-7-27(45)46)29-41-18-25(50-12-11-48-2)23(42-29)15-19-13-20(32(34,35)36)16-21(14-19)33(37,38)39/h8-9,13-14,16,18,22H,4-7,10-12,15,17,40H2,1-3H3,(H,45,46)/t22-,31+/m0/s1. The van der Waals surface area contributed by atoms with Crippen LogP contribution in [-0.4, -0.2) is 71.8 Å². The van der Waals surface area contributed by atoms with Crippen LogP contribution in [0.1, 0.15) is 78.8 Å². The summed E-state index contributed by atoms with van der Waals surface area (Å²) in [6, 6.07) is 4.31. The molecule has 0 unspecified atom stereocenters. The zero-order valence-electron chi connectivity index (χ0n) is 27.9. The lowest BCUT2D eigenvalue weighted by atomic mass is 9.83. The highest BCUT2D eigenvalue weighted by atomic mass is 19.4. The maximum absolute atomic E-state index is 13.7. The first-order valence-electron chi connectivity index (χ1n) is 15.8. The lowest BCUT2D eigenvalue weighted by Crippen LogP contribution is -2.61. The van der Waals surface area contributed by atoms with Crippen molar-refractivity contribution in [2.45, 2.75) is 69.4 Å². The Kier molecular flexibility index (Phi) is 12.3. The van der Waals surface area contributed by atoms with E-state index in [1.54, 1.807) is 13.0 Å². The lowest BCUT2D eigenvalue weighted by Gasteiger charge is -2.46. The van der Waals surface area contributed by atoms with Gasteiger partial charge in [-0.2, -0.15) is 26.3 Å². The van der Waals surface area contributed by atoms with Gasteiger partial charge in [0.15, 0.2) is 5.75 Å². The minimum absolute atomic E-state index is 0.000916. The Morgan fingerprint density at radius 3 is 2.27 bits per heavy atom. The van der Waals surface area contributed by atoms with Gasteiger partial charge in [0.2, 0.25) is 5.88 Å². The Bertz CT molecular complexity index is 1680. The Morgan fingerprint density at radius 2 is 1.69 bits per heavy atom. The molecule has 0 radical (unpaired) electrons. The van der Waals surface area contributed by atoms with Crippen molar-refractivity contribution in [1.29, 1.82) is 0 Å². The molecule has 0 spiro atoms. The van der Waals surface area contributed by atoms with Gasteiger partial charge in [0.25, 0.3) is 0 Å². The van der Waals surface area contributed by atoms with Crippen LogP contribution in [0.5, 0.6) is 11.6 Å². The fourth-order valence-corrected chi connectivity index (χ4v) is 5.57. The fraction of sp³-hybridized carbons (Fsp3) is 0.485. The number of nitrogens with zero attached hydrogens (tertiary/aromatic N) is 4. The number of anilines is 1. The number of ether oxygens (including phenoxy) is 4. The molecule has 1 amide bonds. The second-order valence-corrected chi connectivity index (χ2v) is 11.7. The van der Waals surface area contributed by atoms with Crippen LogP contribution in [-0.2, 0) is 33.0 Å². The molecule has 12 nitrogen and oxygen atoms in total. The topological polar surface area (TPSA) is 159 Å². The van der Waals surface area contributed by atoms with E-state index in [4.69, 9.17) is 29.8 Å². The number of carbonyl (C=O) groups excluding carboxylic acids is 1. The number of hydrogen-bond acceptors (Lipinski definition) is 10. The molecule has 51 heavy (non-hydrogen) atoms. The summed E-state index contributed by atoms with van der Waals surface area (Å²) in [7, 11) is 2.79. The monoisotopic (exact) mass is 729 g/mol. The van der Waals surface area contributed by atoms with Crippen LogP contribution in [0.15, 0.2) is 36.5 Å². The van der Waals surface area contributed by atoms with Gasteiger partial charge in [0.1, 0.15) is 18.1 Å². The summed E-state index contributed by atoms with van der Waals surface area (Å²) in [6.07, 6.45) is -9.54. The minimum atomic E-state index is -5.06. The number of aromatic nitrogens is 3. The number of rotatable bonds is 14. The van der Waals surface area contributed by atoms with Crippen LogP contribution in [0, 0.1) is 0 Å². The Labute approximate surface area is 288 Å². The van der Waals surface area contributed by atoms with Gasteiger partial charge in [-0.25, -0.2) is 19.7 Å². The normalized spacial score (nSPS) is 17.5. The van der Waals surface area contributed by atoms with E-state index in [0.717, 1.165) is 0 Å². The molecule has 3 aromatic rings. The van der Waals surface area contributed by atoms with Crippen molar-refractivity contribution in [3.05, 3.63) is 70.4 Å². The zero-order valence-corrected chi connectivity index (χ0v) is 27.9. The number of methoxy groups -OCH3 is 2. The second kappa shape index (κ2) is 16.1. The maximum Gasteiger partial charge on any atom is 0.416 e. The molecule has 3 N–H and O–H groups in total. The molecule has 0 saturated carbocycles. The van der Waals surface area contributed by atoms with Crippen molar-refractivity contribution < 1.29 is 60.0 Å². The zero-order chi connectivity index (χ0) is 37.6. The van der Waals surface area contributed by atoms with Crippen LogP contribution < -0.4 is 20.1 Å². The molecule has 0 fully saturated rings. The van der Waals surface area contributed by atoms with Gasteiger partial charge in [-0.05, 0) is 55.5 Å². The van der Waals surface area contributed by atoms with Gasteiger partial charge in [-0.3, -0.25) is 9.69 Å². The number of unbranched alkanes of at least 4 members (excludes halogenated alkanes) is 1. The molecule has 1 aromatic carbocycles. The third kappa shape index (κ3) is 9.55. The number of aliphatic carboxylic acids is 1. The molecule has 2 atom stereocenters. The summed E-state index contributed by atoms with van der Waals surface area (Å²) >= 11 is 0. The molecule has 0 bridgehead atoms. The third-order valence-corrected chi connectivity index (χ3v) is 8.19. The average molecular weight is 730 g/mol. The second-order valence-electron chi connectivity index (χ2n) is 11.7. The molecule has 1 aliphatic heterocycles. The molecule has 0 saturated heterocycles. The van der Waals surface area contributed by atoms with Gasteiger partial charge in [0.05, 0.1) is 60.6 Å². The number of alkyl halides is 6. The van der Waals surface area contributed by atoms with Crippen LogP contribution in [0.4, 0.5) is 36.8 Å². The van der Waals surface area contributed by atoms with Crippen molar-refractivity contribution in [3.63, 3.8) is 0 Å². The van der Waals surface area contributed by atoms with E-state index in [-0.39, 0.29) is 98.1 Å². The quantitative estimate of drug-likeness (QED) is 0.141. The van der Waals surface area contributed by atoms with Crippen LogP contribution >= 0.6 is 0 Å². The number of carboxylic acids is 1. The van der Waals surface area contributed by atoms with E-state index >= 15 is 0 Å². The lowest BCUT2D eigenvalue weighted by molar-refractivity contribution is -0.143. The largest absolute Gasteiger partial charge is 0.488 e. The SMILES string of the molecule is CC[C@]1(N)C[C@H](c2ncc(OCCOC)c(Cc3cc(C(F)(F)F)cc(C(F)(F)F)c3)n2)c2nc(OC)ccc2N1C(=O)OCCCCC(=O)O. The summed E-state index contributed by atoms with van der Waals surface area (Å²) in [4.78, 5) is 39.2. The van der Waals surface area contributed by atoms with Crippen molar-refractivity contribution in [1.82, 2.24) is 15.0 Å². The molecule has 2 aromatic heterocycles. The first kappa shape index (κ1) is 39.1. The maximum atomic E-state index is 13.7. The number of nitrogens with two attached hydrogens (primary N) is 1. The molecule has 18 heteroatoms. The van der Waals surface area contributed by atoms with E-state index in [2.05, 4.69) is 15.0 Å². The molecule has 1 aliphatic rings. The Morgan fingerprint density at radius 1 is 1.00 bits per heavy atom. The minimum Gasteiger partial charge on any atom is -0.488 e. The summed E-state index contributed by atoms with van der Waals surface area (Å²) in [6.45, 7) is 1.74. The van der Waals surface area contributed by atoms with Crippen LogP contribution in [0.3, 0.4) is 0 Å². The number of fused-ring (bicyclic) bond motifs is 1. The number of carbonyl (C=O) groups is 2. The van der Waals surface area contributed by atoms with Crippen molar-refractivity contribution >= 4 is 17.7 Å². The number of benzene rings is 1. The number of halogens is 6. The average Bonchev–Trinajstić information content (AvgIpc) is 3.07. The third-order valence-electron chi connectivity index (χ3n) is 8.19. The number of carboxylic acid groups (broad SMARTS) is 1. The summed E-state index contributed by atoms with van der Waals surface area (Å²) < 4.78 is 104. The van der Waals surface area contributed by atoms with Crippen LogP contribution in [0.2, 0.25) is 0 Å². The predicted octanol–water partition coefficient (Wildman–Crippen LogP) is 6.33. The molecular formula is C33H37F6N5O7. The van der Waals surface area contributed by atoms with Gasteiger partial charge < -0.3 is 29.8 Å². The number of amides is 1. The van der Waals surface area contributed by atoms with E-state index in [9.17, 15) is 35.9 Å². The first-order chi connectivity index (χ1) is 24.0. The Hall–Kier alpha value is -4.71. The fourth-order valence-electron chi connectivity index (χ4n) is 5.57. The van der Waals surface area contributed by atoms with E-state index in [1.165, 1.54) is 31.4 Å². The van der Waals surface area contributed by atoms with Gasteiger partial charge in [-0.1, -0.05) is 6.92 Å². The highest BCUT2D eigenvalue weighted by molar-refractivity contribution is 5.91. The molecule has 3 heterocycles. The highest BCUT2D eigenvalue weighted by Gasteiger charge is 2.47. The van der Waals surface area contributed by atoms with Crippen molar-refractivity contribution in [2.24, 2.45) is 5.73 Å². The predicted molar refractivity (Wildman–Crippen MR) is 168 cm³/mol. The van der Waals surface area contributed by atoms with E-state index in [0.29, 0.717) is 12.1 Å². The van der Waals surface area contributed by atoms with Crippen molar-refractivity contribution in [2.75, 3.05) is 38.9 Å². The first-order valence-corrected chi connectivity index (χ1v) is 15.8. The summed E-state index contributed by atoms with van der Waals surface area (Å²) in [5.41, 5.74) is 2.60. The molecule has 4 rings (SSSR count). The Balaban J connectivity index is 1.79. The summed E-state index contributed by atoms with van der Waals surface area (Å²) in [5, 5.41) is 8.88. The number of pyridine rings is 1. The summed E-state index contributed by atoms with van der Waals surface area (Å²) in [5.74, 6) is -1.62. The highest BCUT2D eigenvalue weighted by Crippen LogP contribution is 2.46. The number of hydrogen-bond donors (Lipinski definition) is 2. The van der Waals surface area contributed by atoms with Gasteiger partial charge in [-0.15, -0.1) is 0 Å². The van der Waals surface area contributed by atoms with Gasteiger partial charge >= 0.3 is 24.4 Å². The smallest absolute Gasteiger partial charge is 0.416 e.